The number of fused-ring (bicyclic) bond motifs is 1. The summed E-state index contributed by atoms with van der Waals surface area (Å²) in [6.07, 6.45) is 2.18. The maximum absolute atomic E-state index is 12.7. The summed E-state index contributed by atoms with van der Waals surface area (Å²) in [5, 5.41) is 2.60. The van der Waals surface area contributed by atoms with E-state index >= 15 is 0 Å². The number of urea groups is 1. The van der Waals surface area contributed by atoms with Crippen LogP contribution in [0.25, 0.3) is 0 Å². The van der Waals surface area contributed by atoms with Crippen LogP contribution in [0.1, 0.15) is 28.6 Å². The lowest BCUT2D eigenvalue weighted by molar-refractivity contribution is -0.131. The van der Waals surface area contributed by atoms with E-state index in [4.69, 9.17) is 9.15 Å². The van der Waals surface area contributed by atoms with Crippen molar-refractivity contribution in [1.29, 1.82) is 0 Å². The third kappa shape index (κ3) is 2.39. The molecule has 0 spiro atoms. The van der Waals surface area contributed by atoms with Gasteiger partial charge >= 0.3 is 6.03 Å². The molecule has 128 valence electrons. The number of nitrogens with zero attached hydrogens (tertiary/aromatic N) is 1. The molecule has 0 unspecified atom stereocenters. The van der Waals surface area contributed by atoms with Crippen LogP contribution in [0.3, 0.4) is 0 Å². The van der Waals surface area contributed by atoms with E-state index in [9.17, 15) is 14.4 Å². The van der Waals surface area contributed by atoms with Gasteiger partial charge in [0.1, 0.15) is 11.5 Å². The van der Waals surface area contributed by atoms with Gasteiger partial charge < -0.3 is 14.5 Å². The molecule has 3 amide bonds. The van der Waals surface area contributed by atoms with Gasteiger partial charge in [0.05, 0.1) is 19.4 Å². The van der Waals surface area contributed by atoms with Crippen molar-refractivity contribution in [2.75, 3.05) is 13.2 Å². The number of ether oxygens (including phenoxy) is 1. The van der Waals surface area contributed by atoms with Gasteiger partial charge in [0.25, 0.3) is 5.91 Å². The zero-order valence-electron chi connectivity index (χ0n) is 13.6. The minimum atomic E-state index is -1.30. The molecule has 0 saturated carbocycles. The predicted molar refractivity (Wildman–Crippen MR) is 86.3 cm³/mol. The highest BCUT2D eigenvalue weighted by molar-refractivity contribution is 6.11. The number of imide groups is 1. The Bertz CT molecular complexity index is 874. The fraction of sp³-hybridized carbons (Fsp3) is 0.278. The molecule has 3 heterocycles. The van der Waals surface area contributed by atoms with Crippen LogP contribution in [-0.4, -0.2) is 35.8 Å². The number of nitrogens with one attached hydrogen (secondary N) is 1. The van der Waals surface area contributed by atoms with Gasteiger partial charge in [-0.3, -0.25) is 14.5 Å². The molecule has 1 fully saturated rings. The number of amides is 3. The van der Waals surface area contributed by atoms with Gasteiger partial charge in [0, 0.05) is 12.0 Å². The summed E-state index contributed by atoms with van der Waals surface area (Å²) in [5.74, 6) is 0.291. The molecule has 0 aliphatic carbocycles. The number of furan rings is 1. The molecule has 1 atom stereocenters. The van der Waals surface area contributed by atoms with Crippen molar-refractivity contribution in [1.82, 2.24) is 10.2 Å². The molecule has 2 aromatic rings. The normalized spacial score (nSPS) is 21.9. The van der Waals surface area contributed by atoms with E-state index in [1.165, 1.54) is 6.26 Å². The van der Waals surface area contributed by atoms with Crippen LogP contribution in [0, 0.1) is 0 Å². The van der Waals surface area contributed by atoms with Crippen molar-refractivity contribution in [3.05, 3.63) is 53.5 Å². The first-order chi connectivity index (χ1) is 12.0. The summed E-state index contributed by atoms with van der Waals surface area (Å²) in [5.41, 5.74) is 0.118. The average Bonchev–Trinajstić information content (AvgIpc) is 3.31. The van der Waals surface area contributed by atoms with Gasteiger partial charge in [-0.05, 0) is 42.8 Å². The van der Waals surface area contributed by atoms with Crippen molar-refractivity contribution in [2.24, 2.45) is 0 Å². The molecule has 2 aliphatic rings. The number of hydrogen-bond acceptors (Lipinski definition) is 5. The first-order valence-electron chi connectivity index (χ1n) is 7.96. The maximum atomic E-state index is 12.7. The summed E-state index contributed by atoms with van der Waals surface area (Å²) in [6, 6.07) is 7.80. The molecule has 25 heavy (non-hydrogen) atoms. The van der Waals surface area contributed by atoms with E-state index in [2.05, 4.69) is 5.32 Å². The van der Waals surface area contributed by atoms with E-state index in [1.807, 2.05) is 0 Å². The molecular weight excluding hydrogens is 324 g/mol. The molecule has 2 aliphatic heterocycles. The largest absolute Gasteiger partial charge is 0.493 e. The molecule has 0 radical (unpaired) electrons. The lowest BCUT2D eigenvalue weighted by Gasteiger charge is -2.18. The van der Waals surface area contributed by atoms with Crippen LogP contribution in [-0.2, 0) is 16.8 Å². The molecular formula is C18H16N2O5. The van der Waals surface area contributed by atoms with Crippen molar-refractivity contribution in [3.8, 4) is 5.75 Å². The zero-order chi connectivity index (χ0) is 17.6. The third-order valence-electron chi connectivity index (χ3n) is 4.60. The van der Waals surface area contributed by atoms with Crippen LogP contribution in [0.15, 0.2) is 41.0 Å². The highest BCUT2D eigenvalue weighted by atomic mass is 16.5. The Morgan fingerprint density at radius 2 is 2.16 bits per heavy atom. The minimum Gasteiger partial charge on any atom is -0.493 e. The van der Waals surface area contributed by atoms with Gasteiger partial charge in [0.15, 0.2) is 11.3 Å². The number of Topliss-reactive ketones (excluding diaryl/α,β-unsaturated/α-hetero) is 1. The van der Waals surface area contributed by atoms with Gasteiger partial charge in [-0.25, -0.2) is 4.79 Å². The number of benzene rings is 1. The van der Waals surface area contributed by atoms with Crippen LogP contribution >= 0.6 is 0 Å². The van der Waals surface area contributed by atoms with Crippen molar-refractivity contribution in [3.63, 3.8) is 0 Å². The monoisotopic (exact) mass is 340 g/mol. The van der Waals surface area contributed by atoms with E-state index in [1.54, 1.807) is 37.3 Å². The van der Waals surface area contributed by atoms with Crippen molar-refractivity contribution in [2.45, 2.75) is 18.9 Å². The lowest BCUT2D eigenvalue weighted by atomic mass is 9.99. The Kier molecular flexibility index (Phi) is 3.38. The number of carbonyl (C=O) groups is 3. The van der Waals surface area contributed by atoms with Crippen LogP contribution in [0.5, 0.6) is 5.75 Å². The van der Waals surface area contributed by atoms with Crippen molar-refractivity contribution >= 4 is 17.7 Å². The standard InChI is InChI=1S/C18H16N2O5/c1-18(15-3-2-7-25-15)16(22)20(17(23)19-18)10-13(21)11-4-5-14-12(9-11)6-8-24-14/h2-5,7,9H,6,8,10H2,1H3,(H,19,23)/t18-/m1/s1. The Morgan fingerprint density at radius 1 is 1.32 bits per heavy atom. The first kappa shape index (κ1) is 15.4. The van der Waals surface area contributed by atoms with Crippen molar-refractivity contribution < 1.29 is 23.5 Å². The highest BCUT2D eigenvalue weighted by Crippen LogP contribution is 2.30. The summed E-state index contributed by atoms with van der Waals surface area (Å²) in [6.45, 7) is 1.84. The Hall–Kier alpha value is -3.09. The number of carbonyl (C=O) groups excluding carboxylic acids is 3. The minimum absolute atomic E-state index is 0.304. The second-order valence-corrected chi connectivity index (χ2v) is 6.27. The van der Waals surface area contributed by atoms with E-state index in [0.29, 0.717) is 17.9 Å². The predicted octanol–water partition coefficient (Wildman–Crippen LogP) is 1.86. The number of hydrogen-bond donors (Lipinski definition) is 1. The SMILES string of the molecule is C[C@]1(c2ccco2)NC(=O)N(CC(=O)c2ccc3c(c2)CCO3)C1=O. The third-order valence-corrected chi connectivity index (χ3v) is 4.60. The molecule has 1 N–H and O–H groups in total. The Balaban J connectivity index is 1.55. The second kappa shape index (κ2) is 5.47. The number of rotatable bonds is 4. The first-order valence-corrected chi connectivity index (χ1v) is 7.96. The smallest absolute Gasteiger partial charge is 0.325 e. The summed E-state index contributed by atoms with van der Waals surface area (Å²) < 4.78 is 10.7. The van der Waals surface area contributed by atoms with E-state index < -0.39 is 17.5 Å². The van der Waals surface area contributed by atoms with Crippen LogP contribution in [0.2, 0.25) is 0 Å². The fourth-order valence-corrected chi connectivity index (χ4v) is 3.17. The molecule has 7 nitrogen and oxygen atoms in total. The van der Waals surface area contributed by atoms with E-state index in [0.717, 1.165) is 22.6 Å². The fourth-order valence-electron chi connectivity index (χ4n) is 3.17. The molecule has 1 saturated heterocycles. The van der Waals surface area contributed by atoms with Crippen LogP contribution in [0.4, 0.5) is 4.79 Å². The summed E-state index contributed by atoms with van der Waals surface area (Å²) in [7, 11) is 0. The van der Waals surface area contributed by atoms with Gasteiger partial charge in [0.2, 0.25) is 0 Å². The summed E-state index contributed by atoms with van der Waals surface area (Å²) >= 11 is 0. The topological polar surface area (TPSA) is 88.8 Å². The molecule has 1 aromatic carbocycles. The molecule has 0 bridgehead atoms. The number of ketones is 1. The van der Waals surface area contributed by atoms with Gasteiger partial charge in [-0.15, -0.1) is 0 Å². The molecule has 7 heteroatoms. The summed E-state index contributed by atoms with van der Waals surface area (Å²) in [4.78, 5) is 38.4. The molecule has 4 rings (SSSR count). The van der Waals surface area contributed by atoms with Crippen LogP contribution < -0.4 is 10.1 Å². The second-order valence-electron chi connectivity index (χ2n) is 6.27. The zero-order valence-corrected chi connectivity index (χ0v) is 13.6. The Morgan fingerprint density at radius 3 is 2.92 bits per heavy atom. The van der Waals surface area contributed by atoms with Gasteiger partial charge in [-0.1, -0.05) is 0 Å². The maximum Gasteiger partial charge on any atom is 0.325 e. The highest BCUT2D eigenvalue weighted by Gasteiger charge is 2.51. The Labute approximate surface area is 143 Å². The quantitative estimate of drug-likeness (QED) is 0.678. The average molecular weight is 340 g/mol. The van der Waals surface area contributed by atoms with E-state index in [-0.39, 0.29) is 12.3 Å². The lowest BCUT2D eigenvalue weighted by Crippen LogP contribution is -2.41. The molecule has 1 aromatic heterocycles. The van der Waals surface area contributed by atoms with Gasteiger partial charge in [-0.2, -0.15) is 0 Å².